The molecule has 1 heteroatoms. The van der Waals surface area contributed by atoms with Crippen LogP contribution in [0.3, 0.4) is 0 Å². The van der Waals surface area contributed by atoms with Crippen LogP contribution in [0.1, 0.15) is 47.2 Å². The zero-order chi connectivity index (χ0) is 49.6. The maximum Gasteiger partial charge on any atom is 0.0726 e. The van der Waals surface area contributed by atoms with Gasteiger partial charge in [0.25, 0.3) is 0 Å². The Morgan fingerprint density at radius 1 is 0.267 bits per heavy atom. The second kappa shape index (κ2) is 15.6. The molecule has 0 saturated carbocycles. The molecule has 350 valence electrons. The average Bonchev–Trinajstić information content (AvgIpc) is 4.25. The summed E-state index contributed by atoms with van der Waals surface area (Å²) in [6.07, 6.45) is 0. The lowest BCUT2D eigenvalue weighted by atomic mass is 9.70. The topological polar surface area (TPSA) is 3.24 Å². The molecule has 1 spiro atoms. The summed E-state index contributed by atoms with van der Waals surface area (Å²) in [7, 11) is 0. The van der Waals surface area contributed by atoms with E-state index in [9.17, 15) is 0 Å². The molecule has 75 heavy (non-hydrogen) atoms. The molecule has 0 heterocycles. The van der Waals surface area contributed by atoms with Crippen molar-refractivity contribution in [2.75, 3.05) is 4.90 Å². The van der Waals surface area contributed by atoms with Gasteiger partial charge in [-0.15, -0.1) is 0 Å². The van der Waals surface area contributed by atoms with Crippen LogP contribution in [-0.4, -0.2) is 0 Å². The summed E-state index contributed by atoms with van der Waals surface area (Å²) in [6.45, 7) is 4.85. The van der Waals surface area contributed by atoms with Gasteiger partial charge in [-0.2, -0.15) is 0 Å². The van der Waals surface area contributed by atoms with Crippen LogP contribution in [0.25, 0.3) is 98.7 Å². The lowest BCUT2D eigenvalue weighted by Gasteiger charge is -2.34. The highest BCUT2D eigenvalue weighted by Gasteiger charge is 2.52. The minimum absolute atomic E-state index is 0.253. The number of hydrogen-bond acceptors (Lipinski definition) is 1. The van der Waals surface area contributed by atoms with E-state index in [4.69, 9.17) is 0 Å². The van der Waals surface area contributed by atoms with Gasteiger partial charge >= 0.3 is 0 Å². The lowest BCUT2D eigenvalue weighted by molar-refractivity contribution is 0.662. The first-order chi connectivity index (χ1) is 37.0. The predicted octanol–water partition coefficient (Wildman–Crippen LogP) is 19.8. The number of anilines is 3. The fourth-order valence-corrected chi connectivity index (χ4v) is 14.2. The third kappa shape index (κ3) is 5.78. The van der Waals surface area contributed by atoms with E-state index < -0.39 is 5.41 Å². The van der Waals surface area contributed by atoms with E-state index in [0.717, 1.165) is 17.1 Å². The van der Waals surface area contributed by atoms with E-state index in [1.165, 1.54) is 132 Å². The summed E-state index contributed by atoms with van der Waals surface area (Å²) in [5.74, 6) is 0. The molecule has 0 fully saturated rings. The maximum absolute atomic E-state index is 2.61. The van der Waals surface area contributed by atoms with Gasteiger partial charge in [0.2, 0.25) is 0 Å². The SMILES string of the molecule is CC1(C)c2ccccc2-c2cccc(-c3cc4c(cc3N(c3ccc(-c5ccc6ccccc6c5)cc3)c3ccc5c6ccccc6c6ccccc6c5c3)C3(c5ccccc5-c5ccccc53)c3ccccc3-4)c21. The Kier molecular flexibility index (Phi) is 8.79. The molecule has 0 unspecified atom stereocenters. The second-order valence-corrected chi connectivity index (χ2v) is 21.5. The molecule has 3 aliphatic rings. The van der Waals surface area contributed by atoms with Crippen LogP contribution < -0.4 is 4.90 Å². The van der Waals surface area contributed by atoms with Gasteiger partial charge in [0.05, 0.1) is 11.1 Å². The Bertz CT molecular complexity index is 4490. The normalized spacial score (nSPS) is 13.9. The zero-order valence-electron chi connectivity index (χ0n) is 41.8. The van der Waals surface area contributed by atoms with Crippen LogP contribution in [0, 0.1) is 0 Å². The van der Waals surface area contributed by atoms with Crippen molar-refractivity contribution in [1.29, 1.82) is 0 Å². The number of fused-ring (bicyclic) bond motifs is 20. The van der Waals surface area contributed by atoms with Gasteiger partial charge < -0.3 is 4.90 Å². The molecule has 0 aliphatic heterocycles. The summed E-state index contributed by atoms with van der Waals surface area (Å²) in [6, 6.07) is 98.8. The number of hydrogen-bond donors (Lipinski definition) is 0. The number of benzene rings is 13. The smallest absolute Gasteiger partial charge is 0.0726 e. The van der Waals surface area contributed by atoms with Crippen LogP contribution in [0.15, 0.2) is 261 Å². The highest BCUT2D eigenvalue weighted by atomic mass is 15.1. The summed E-state index contributed by atoms with van der Waals surface area (Å²) in [5.41, 5.74) is 23.3. The van der Waals surface area contributed by atoms with Crippen LogP contribution in [0.2, 0.25) is 0 Å². The van der Waals surface area contributed by atoms with E-state index in [1.807, 2.05) is 0 Å². The summed E-state index contributed by atoms with van der Waals surface area (Å²) < 4.78 is 0. The summed E-state index contributed by atoms with van der Waals surface area (Å²) in [4.78, 5) is 2.58. The van der Waals surface area contributed by atoms with E-state index in [2.05, 4.69) is 280 Å². The first kappa shape index (κ1) is 42.2. The van der Waals surface area contributed by atoms with Gasteiger partial charge in [-0.05, 0) is 169 Å². The largest absolute Gasteiger partial charge is 0.310 e. The van der Waals surface area contributed by atoms with Gasteiger partial charge in [-0.3, -0.25) is 0 Å². The van der Waals surface area contributed by atoms with Crippen molar-refractivity contribution in [2.45, 2.75) is 24.7 Å². The first-order valence-corrected chi connectivity index (χ1v) is 26.4. The van der Waals surface area contributed by atoms with E-state index in [1.54, 1.807) is 0 Å². The first-order valence-electron chi connectivity index (χ1n) is 26.4. The van der Waals surface area contributed by atoms with Crippen molar-refractivity contribution in [3.63, 3.8) is 0 Å². The minimum atomic E-state index is -0.537. The van der Waals surface area contributed by atoms with Gasteiger partial charge in [-0.25, -0.2) is 0 Å². The molecule has 0 saturated heterocycles. The third-order valence-corrected chi connectivity index (χ3v) is 17.4. The molecule has 0 N–H and O–H groups in total. The van der Waals surface area contributed by atoms with Crippen LogP contribution in [-0.2, 0) is 10.8 Å². The standard InChI is InChI=1S/C74H49N/c1-73(2)66-30-13-9-26-59(66)61-28-17-29-62(72(61)73)65-44-64-60-27-12-16-33-69(60)74(67-31-14-10-24-57(67)58-25-11-15-32-68(58)74)70(64)45-71(65)75(50-38-36-47(37-39-50)49-35-34-46-18-3-4-19-48(46)42-49)51-40-41-56-54-22-6-5-20-52(54)53-21-7-8-23-55(53)63(56)43-51/h3-45H,1-2H3. The highest BCUT2D eigenvalue weighted by molar-refractivity contribution is 6.26. The Balaban J connectivity index is 1.03. The van der Waals surface area contributed by atoms with Gasteiger partial charge in [-0.1, -0.05) is 232 Å². The lowest BCUT2D eigenvalue weighted by Crippen LogP contribution is -2.26. The van der Waals surface area contributed by atoms with Crippen LogP contribution in [0.5, 0.6) is 0 Å². The molecule has 0 aromatic heterocycles. The van der Waals surface area contributed by atoms with Crippen LogP contribution >= 0.6 is 0 Å². The van der Waals surface area contributed by atoms with Crippen molar-refractivity contribution >= 4 is 60.2 Å². The fourth-order valence-electron chi connectivity index (χ4n) is 14.2. The van der Waals surface area contributed by atoms with Crippen molar-refractivity contribution in [2.24, 2.45) is 0 Å². The average molecular weight is 952 g/mol. The van der Waals surface area contributed by atoms with Gasteiger partial charge in [0.15, 0.2) is 0 Å². The molecule has 13 aromatic carbocycles. The zero-order valence-corrected chi connectivity index (χ0v) is 41.8. The number of nitrogens with zero attached hydrogens (tertiary/aromatic N) is 1. The molecule has 13 aromatic rings. The minimum Gasteiger partial charge on any atom is -0.310 e. The predicted molar refractivity (Wildman–Crippen MR) is 316 cm³/mol. The Morgan fingerprint density at radius 3 is 1.35 bits per heavy atom. The quantitative estimate of drug-likeness (QED) is 0.155. The molecule has 3 aliphatic carbocycles. The van der Waals surface area contributed by atoms with E-state index in [0.29, 0.717) is 0 Å². The summed E-state index contributed by atoms with van der Waals surface area (Å²) >= 11 is 0. The van der Waals surface area contributed by atoms with Crippen molar-refractivity contribution < 1.29 is 0 Å². The van der Waals surface area contributed by atoms with Crippen molar-refractivity contribution in [3.8, 4) is 55.6 Å². The van der Waals surface area contributed by atoms with Gasteiger partial charge in [0.1, 0.15) is 0 Å². The van der Waals surface area contributed by atoms with Gasteiger partial charge in [0, 0.05) is 22.4 Å². The van der Waals surface area contributed by atoms with Crippen molar-refractivity contribution in [1.82, 2.24) is 0 Å². The number of rotatable bonds is 5. The Morgan fingerprint density at radius 2 is 0.720 bits per heavy atom. The molecule has 16 rings (SSSR count). The highest BCUT2D eigenvalue weighted by Crippen LogP contribution is 2.65. The molecule has 0 atom stereocenters. The molecule has 0 amide bonds. The molecule has 0 bridgehead atoms. The molecular weight excluding hydrogens is 903 g/mol. The maximum atomic E-state index is 2.61. The third-order valence-electron chi connectivity index (χ3n) is 17.4. The van der Waals surface area contributed by atoms with Crippen molar-refractivity contribution in [3.05, 3.63) is 294 Å². The van der Waals surface area contributed by atoms with E-state index in [-0.39, 0.29) is 5.41 Å². The Labute approximate surface area is 437 Å². The molecule has 1 nitrogen and oxygen atoms in total. The van der Waals surface area contributed by atoms with Crippen LogP contribution in [0.4, 0.5) is 17.1 Å². The van der Waals surface area contributed by atoms with E-state index >= 15 is 0 Å². The fraction of sp³-hybridized carbons (Fsp3) is 0.0541. The molecule has 0 radical (unpaired) electrons. The Hall–Kier alpha value is -9.30. The second-order valence-electron chi connectivity index (χ2n) is 21.5. The molecular formula is C74H49N. The summed E-state index contributed by atoms with van der Waals surface area (Å²) in [5, 5.41) is 10.0. The monoisotopic (exact) mass is 951 g/mol.